The minimum absolute atomic E-state index is 0.0540. The van der Waals surface area contributed by atoms with Crippen LogP contribution in [0.5, 0.6) is 0 Å². The van der Waals surface area contributed by atoms with E-state index in [4.69, 9.17) is 4.74 Å². The van der Waals surface area contributed by atoms with Crippen molar-refractivity contribution in [1.29, 1.82) is 0 Å². The topological polar surface area (TPSA) is 110 Å². The lowest BCUT2D eigenvalue weighted by molar-refractivity contribution is 0.0601. The van der Waals surface area contributed by atoms with E-state index in [2.05, 4.69) is 20.6 Å². The molecule has 0 aliphatic carbocycles. The molecular formula is C21H18N4O4. The lowest BCUT2D eigenvalue weighted by Crippen LogP contribution is -2.15. The molecule has 0 radical (unpaired) electrons. The zero-order chi connectivity index (χ0) is 20.8. The second-order valence-electron chi connectivity index (χ2n) is 6.02. The largest absolute Gasteiger partial charge is 0.465 e. The Kier molecular flexibility index (Phi) is 5.94. The number of nitrogens with one attached hydrogen (secondary N) is 2. The van der Waals surface area contributed by atoms with Gasteiger partial charge in [-0.1, -0.05) is 12.1 Å². The molecule has 146 valence electrons. The number of benzene rings is 2. The van der Waals surface area contributed by atoms with Gasteiger partial charge in [-0.2, -0.15) is 0 Å². The summed E-state index contributed by atoms with van der Waals surface area (Å²) >= 11 is 0. The lowest BCUT2D eigenvalue weighted by Gasteiger charge is -2.10. The summed E-state index contributed by atoms with van der Waals surface area (Å²) in [5.74, 6) is -0.842. The summed E-state index contributed by atoms with van der Waals surface area (Å²) in [6.45, 7) is 1.47. The van der Waals surface area contributed by atoms with Crippen molar-refractivity contribution in [3.05, 3.63) is 77.6 Å². The summed E-state index contributed by atoms with van der Waals surface area (Å²) in [4.78, 5) is 44.0. The molecule has 3 rings (SSSR count). The Morgan fingerprint density at radius 3 is 2.38 bits per heavy atom. The number of carbonyl (C=O) groups excluding carboxylic acids is 3. The highest BCUT2D eigenvalue weighted by molar-refractivity contribution is 6.03. The van der Waals surface area contributed by atoms with Crippen LogP contribution in [-0.2, 0) is 4.74 Å². The molecule has 0 saturated heterocycles. The van der Waals surface area contributed by atoms with Crippen LogP contribution in [0, 0.1) is 0 Å². The molecule has 1 aromatic heterocycles. The Hall–Kier alpha value is -4.07. The molecule has 0 unspecified atom stereocenters. The van der Waals surface area contributed by atoms with Gasteiger partial charge in [0.15, 0.2) is 5.78 Å². The van der Waals surface area contributed by atoms with Crippen LogP contribution in [0.1, 0.15) is 38.1 Å². The van der Waals surface area contributed by atoms with Crippen LogP contribution in [-0.4, -0.2) is 34.7 Å². The van der Waals surface area contributed by atoms with Crippen LogP contribution >= 0.6 is 0 Å². The number of anilines is 3. The zero-order valence-electron chi connectivity index (χ0n) is 15.8. The smallest absolute Gasteiger partial charge is 0.339 e. The van der Waals surface area contributed by atoms with Gasteiger partial charge in [-0.3, -0.25) is 9.59 Å². The van der Waals surface area contributed by atoms with Crippen molar-refractivity contribution < 1.29 is 19.1 Å². The third-order valence-corrected chi connectivity index (χ3v) is 4.02. The summed E-state index contributed by atoms with van der Waals surface area (Å²) in [5.41, 5.74) is 1.99. The number of hydrogen-bond donors (Lipinski definition) is 2. The third-order valence-electron chi connectivity index (χ3n) is 4.02. The number of aromatic nitrogens is 2. The highest BCUT2D eigenvalue weighted by Crippen LogP contribution is 2.19. The number of para-hydroxylation sites is 1. The number of hydrogen-bond acceptors (Lipinski definition) is 7. The Bertz CT molecular complexity index is 1060. The van der Waals surface area contributed by atoms with E-state index in [0.29, 0.717) is 22.5 Å². The summed E-state index contributed by atoms with van der Waals surface area (Å²) in [7, 11) is 1.30. The minimum atomic E-state index is -0.504. The van der Waals surface area contributed by atoms with Gasteiger partial charge in [0.1, 0.15) is 5.69 Å². The maximum atomic E-state index is 12.5. The number of amides is 1. The van der Waals surface area contributed by atoms with Gasteiger partial charge in [0.25, 0.3) is 5.91 Å². The Balaban J connectivity index is 1.77. The molecule has 0 bridgehead atoms. The number of carbonyl (C=O) groups is 3. The van der Waals surface area contributed by atoms with Crippen LogP contribution < -0.4 is 10.6 Å². The summed E-state index contributed by atoms with van der Waals surface area (Å²) in [5, 5.41) is 5.64. The van der Waals surface area contributed by atoms with Crippen molar-refractivity contribution in [2.75, 3.05) is 17.7 Å². The Morgan fingerprint density at radius 1 is 0.966 bits per heavy atom. The fourth-order valence-electron chi connectivity index (χ4n) is 2.53. The molecule has 1 amide bonds. The Labute approximate surface area is 167 Å². The van der Waals surface area contributed by atoms with Gasteiger partial charge in [0.2, 0.25) is 5.95 Å². The maximum Gasteiger partial charge on any atom is 0.339 e. The minimum Gasteiger partial charge on any atom is -0.465 e. The molecule has 29 heavy (non-hydrogen) atoms. The predicted octanol–water partition coefficient (Wildman–Crippen LogP) is 3.46. The van der Waals surface area contributed by atoms with E-state index in [1.165, 1.54) is 26.3 Å². The van der Waals surface area contributed by atoms with Gasteiger partial charge in [-0.15, -0.1) is 0 Å². The van der Waals surface area contributed by atoms with Crippen molar-refractivity contribution in [2.24, 2.45) is 0 Å². The van der Waals surface area contributed by atoms with Crippen molar-refractivity contribution in [3.63, 3.8) is 0 Å². The lowest BCUT2D eigenvalue weighted by atomic mass is 10.1. The predicted molar refractivity (Wildman–Crippen MR) is 107 cm³/mol. The first kappa shape index (κ1) is 19.7. The van der Waals surface area contributed by atoms with Crippen molar-refractivity contribution >= 4 is 35.0 Å². The molecule has 0 saturated carbocycles. The first-order chi connectivity index (χ1) is 14.0. The van der Waals surface area contributed by atoms with Crippen LogP contribution in [0.15, 0.2) is 60.8 Å². The molecular weight excluding hydrogens is 372 g/mol. The number of esters is 1. The van der Waals surface area contributed by atoms with Crippen LogP contribution in [0.2, 0.25) is 0 Å². The number of ether oxygens (including phenoxy) is 1. The molecule has 2 aromatic carbocycles. The normalized spacial score (nSPS) is 10.1. The number of ketones is 1. The maximum absolute atomic E-state index is 12.5. The van der Waals surface area contributed by atoms with Gasteiger partial charge in [-0.05, 0) is 49.4 Å². The zero-order valence-corrected chi connectivity index (χ0v) is 15.8. The summed E-state index contributed by atoms with van der Waals surface area (Å²) in [6, 6.07) is 14.8. The Morgan fingerprint density at radius 2 is 1.69 bits per heavy atom. The monoisotopic (exact) mass is 390 g/mol. The van der Waals surface area contributed by atoms with E-state index >= 15 is 0 Å². The number of nitrogens with zero attached hydrogens (tertiary/aromatic N) is 2. The van der Waals surface area contributed by atoms with E-state index in [0.717, 1.165) is 0 Å². The van der Waals surface area contributed by atoms with Crippen molar-refractivity contribution in [2.45, 2.75) is 6.92 Å². The molecule has 1 heterocycles. The molecule has 0 atom stereocenters. The van der Waals surface area contributed by atoms with E-state index in [-0.39, 0.29) is 17.4 Å². The average molecular weight is 390 g/mol. The molecule has 8 heteroatoms. The van der Waals surface area contributed by atoms with Crippen molar-refractivity contribution in [1.82, 2.24) is 9.97 Å². The van der Waals surface area contributed by atoms with E-state index in [1.807, 2.05) is 0 Å². The molecule has 2 N–H and O–H groups in total. The molecule has 0 aliphatic heterocycles. The van der Waals surface area contributed by atoms with E-state index < -0.39 is 11.9 Å². The summed E-state index contributed by atoms with van der Waals surface area (Å²) < 4.78 is 4.76. The van der Waals surface area contributed by atoms with Gasteiger partial charge >= 0.3 is 5.97 Å². The molecule has 3 aromatic rings. The molecule has 0 fully saturated rings. The van der Waals surface area contributed by atoms with E-state index in [1.54, 1.807) is 48.5 Å². The van der Waals surface area contributed by atoms with Crippen LogP contribution in [0.4, 0.5) is 17.3 Å². The molecule has 0 spiro atoms. The highest BCUT2D eigenvalue weighted by Gasteiger charge is 2.14. The molecule has 0 aliphatic rings. The third kappa shape index (κ3) is 4.81. The fraction of sp³-hybridized carbons (Fsp3) is 0.0952. The van der Waals surface area contributed by atoms with Crippen LogP contribution in [0.3, 0.4) is 0 Å². The summed E-state index contributed by atoms with van der Waals surface area (Å²) in [6.07, 6.45) is 1.43. The fourth-order valence-corrected chi connectivity index (χ4v) is 2.53. The second kappa shape index (κ2) is 8.75. The number of rotatable bonds is 6. The SMILES string of the molecule is COC(=O)c1ccccc1Nc1nccc(C(=O)Nc2ccc(C(C)=O)cc2)n1. The number of methoxy groups -OCH3 is 1. The van der Waals surface area contributed by atoms with Gasteiger partial charge in [0.05, 0.1) is 18.4 Å². The van der Waals surface area contributed by atoms with Crippen molar-refractivity contribution in [3.8, 4) is 0 Å². The quantitative estimate of drug-likeness (QED) is 0.490. The average Bonchev–Trinajstić information content (AvgIpc) is 2.74. The van der Waals surface area contributed by atoms with E-state index in [9.17, 15) is 14.4 Å². The molecule has 8 nitrogen and oxygen atoms in total. The van der Waals surface area contributed by atoms with Gasteiger partial charge in [-0.25, -0.2) is 14.8 Å². The first-order valence-electron chi connectivity index (χ1n) is 8.67. The first-order valence-corrected chi connectivity index (χ1v) is 8.67. The standard InChI is InChI=1S/C21H18N4O4/c1-13(26)14-7-9-15(10-8-14)23-19(27)18-11-12-22-21(25-18)24-17-6-4-3-5-16(17)20(28)29-2/h3-12H,1-2H3,(H,23,27)(H,22,24,25). The van der Waals surface area contributed by atoms with Crippen LogP contribution in [0.25, 0.3) is 0 Å². The van der Waals surface area contributed by atoms with Gasteiger partial charge < -0.3 is 15.4 Å². The second-order valence-corrected chi connectivity index (χ2v) is 6.02. The highest BCUT2D eigenvalue weighted by atomic mass is 16.5. The van der Waals surface area contributed by atoms with Gasteiger partial charge in [0, 0.05) is 17.4 Å². The number of Topliss-reactive ketones (excluding diaryl/α,β-unsaturated/α-hetero) is 1.